The van der Waals surface area contributed by atoms with Gasteiger partial charge in [-0.1, -0.05) is 47.6 Å². The molecule has 0 spiro atoms. The fourth-order valence-corrected chi connectivity index (χ4v) is 5.23. The van der Waals surface area contributed by atoms with Crippen LogP contribution in [0.5, 0.6) is 5.75 Å². The molecular formula is C20H19Cl2NO3S2. The Bertz CT molecular complexity index is 920. The van der Waals surface area contributed by atoms with Crippen LogP contribution in [0.1, 0.15) is 36.6 Å². The minimum absolute atomic E-state index is 0.00102. The number of phenolic OH excluding ortho intramolecular Hbond substituents is 1. The predicted molar refractivity (Wildman–Crippen MR) is 120 cm³/mol. The highest BCUT2D eigenvalue weighted by molar-refractivity contribution is 8.02. The van der Waals surface area contributed by atoms with Crippen molar-refractivity contribution in [2.24, 2.45) is 0 Å². The van der Waals surface area contributed by atoms with E-state index in [1.807, 2.05) is 32.0 Å². The number of halogens is 2. The van der Waals surface area contributed by atoms with Crippen molar-refractivity contribution < 1.29 is 14.6 Å². The molecule has 1 heterocycles. The maximum atomic E-state index is 12.3. The highest BCUT2D eigenvalue weighted by atomic mass is 35.5. The Morgan fingerprint density at radius 2 is 2.04 bits per heavy atom. The number of benzene rings is 2. The highest BCUT2D eigenvalue weighted by Crippen LogP contribution is 2.49. The Morgan fingerprint density at radius 3 is 2.75 bits per heavy atom. The van der Waals surface area contributed by atoms with Crippen LogP contribution in [0.2, 0.25) is 10.0 Å². The van der Waals surface area contributed by atoms with E-state index >= 15 is 0 Å². The molecule has 0 aromatic heterocycles. The number of thiocarbonyl (C=S) groups is 1. The molecule has 3 rings (SSSR count). The summed E-state index contributed by atoms with van der Waals surface area (Å²) in [6, 6.07) is 10.6. The molecule has 1 aliphatic rings. The maximum absolute atomic E-state index is 12.3. The van der Waals surface area contributed by atoms with Crippen molar-refractivity contribution in [3.05, 3.63) is 57.6 Å². The molecule has 148 valence electrons. The highest BCUT2D eigenvalue weighted by Gasteiger charge is 2.33. The van der Waals surface area contributed by atoms with Crippen LogP contribution < -0.4 is 5.32 Å². The van der Waals surface area contributed by atoms with Gasteiger partial charge in [-0.2, -0.15) is 0 Å². The second-order valence-corrected chi connectivity index (χ2v) is 9.22. The number of carbonyl (C=O) groups is 1. The summed E-state index contributed by atoms with van der Waals surface area (Å²) in [6.07, 6.45) is -0.0688. The predicted octanol–water partition coefficient (Wildman–Crippen LogP) is 5.98. The second-order valence-electron chi connectivity index (χ2n) is 6.65. The summed E-state index contributed by atoms with van der Waals surface area (Å²) in [6.45, 7) is 3.61. The van der Waals surface area contributed by atoms with Gasteiger partial charge in [0.1, 0.15) is 5.75 Å². The number of nitrogens with one attached hydrogen (secondary N) is 1. The summed E-state index contributed by atoms with van der Waals surface area (Å²) in [4.78, 5) is 12.8. The molecule has 4 nitrogen and oxygen atoms in total. The van der Waals surface area contributed by atoms with E-state index in [1.54, 1.807) is 12.1 Å². The Hall–Kier alpha value is -1.47. The van der Waals surface area contributed by atoms with Gasteiger partial charge < -0.3 is 15.2 Å². The van der Waals surface area contributed by atoms with E-state index in [4.69, 9.17) is 40.2 Å². The van der Waals surface area contributed by atoms with E-state index in [2.05, 4.69) is 5.32 Å². The van der Waals surface area contributed by atoms with Crippen LogP contribution in [0.25, 0.3) is 0 Å². The van der Waals surface area contributed by atoms with Gasteiger partial charge in [-0.3, -0.25) is 4.79 Å². The fourth-order valence-electron chi connectivity index (χ4n) is 2.96. The Labute approximate surface area is 183 Å². The number of carbonyl (C=O) groups excluding carboxylic acids is 1. The third-order valence-electron chi connectivity index (χ3n) is 4.16. The summed E-state index contributed by atoms with van der Waals surface area (Å²) in [5, 5.41) is 13.6. The van der Waals surface area contributed by atoms with Crippen molar-refractivity contribution in [1.29, 1.82) is 0 Å². The zero-order valence-electron chi connectivity index (χ0n) is 15.2. The second kappa shape index (κ2) is 8.91. The van der Waals surface area contributed by atoms with E-state index in [1.165, 1.54) is 17.8 Å². The number of hydrogen-bond acceptors (Lipinski definition) is 5. The quantitative estimate of drug-likeness (QED) is 0.436. The first kappa shape index (κ1) is 21.2. The number of fused-ring (bicyclic) bond motifs is 1. The van der Waals surface area contributed by atoms with E-state index in [0.29, 0.717) is 10.0 Å². The first-order chi connectivity index (χ1) is 13.3. The average Bonchev–Trinajstić information content (AvgIpc) is 2.74. The summed E-state index contributed by atoms with van der Waals surface area (Å²) >= 11 is 19.7. The van der Waals surface area contributed by atoms with Crippen LogP contribution in [-0.4, -0.2) is 27.4 Å². The van der Waals surface area contributed by atoms with Gasteiger partial charge in [0, 0.05) is 10.7 Å². The van der Waals surface area contributed by atoms with Gasteiger partial charge in [0.2, 0.25) is 0 Å². The van der Waals surface area contributed by atoms with Gasteiger partial charge in [-0.15, -0.1) is 11.8 Å². The van der Waals surface area contributed by atoms with Gasteiger partial charge in [-0.05, 0) is 49.2 Å². The van der Waals surface area contributed by atoms with Crippen LogP contribution in [0.15, 0.2) is 36.4 Å². The number of thioether (sulfide) groups is 1. The first-order valence-electron chi connectivity index (χ1n) is 8.69. The summed E-state index contributed by atoms with van der Waals surface area (Å²) in [5.41, 5.74) is 2.40. The Balaban J connectivity index is 2.03. The summed E-state index contributed by atoms with van der Waals surface area (Å²) in [7, 11) is 0. The van der Waals surface area contributed by atoms with Crippen molar-refractivity contribution in [2.75, 3.05) is 5.32 Å². The molecule has 0 bridgehead atoms. The average molecular weight is 456 g/mol. The van der Waals surface area contributed by atoms with Crippen molar-refractivity contribution in [3.63, 3.8) is 0 Å². The van der Waals surface area contributed by atoms with E-state index in [9.17, 15) is 9.90 Å². The molecule has 0 saturated carbocycles. The number of rotatable bonds is 4. The number of esters is 1. The molecule has 2 N–H and O–H groups in total. The van der Waals surface area contributed by atoms with Crippen molar-refractivity contribution in [2.45, 2.75) is 36.9 Å². The molecule has 2 aromatic carbocycles. The lowest BCUT2D eigenvalue weighted by atomic mass is 10.0. The Morgan fingerprint density at radius 1 is 1.29 bits per heavy atom. The van der Waals surface area contributed by atoms with Gasteiger partial charge >= 0.3 is 5.97 Å². The lowest BCUT2D eigenvalue weighted by molar-refractivity contribution is -0.147. The van der Waals surface area contributed by atoms with Crippen LogP contribution in [0, 0.1) is 0 Å². The largest absolute Gasteiger partial charge is 0.506 e. The topological polar surface area (TPSA) is 58.6 Å². The van der Waals surface area contributed by atoms with Crippen LogP contribution in [0.4, 0.5) is 5.69 Å². The fraction of sp³-hybridized carbons (Fsp3) is 0.300. The van der Waals surface area contributed by atoms with Gasteiger partial charge in [-0.25, -0.2) is 0 Å². The zero-order chi connectivity index (χ0) is 20.4. The first-order valence-corrected chi connectivity index (χ1v) is 10.8. The van der Waals surface area contributed by atoms with E-state index in [0.717, 1.165) is 16.8 Å². The number of phenols is 1. The van der Waals surface area contributed by atoms with Gasteiger partial charge in [0.25, 0.3) is 0 Å². The normalized spacial score (nSPS) is 19.0. The van der Waals surface area contributed by atoms with Gasteiger partial charge in [0.05, 0.1) is 33.0 Å². The number of ether oxygens (including phenoxy) is 1. The molecule has 2 atom stereocenters. The molecular weight excluding hydrogens is 437 g/mol. The third-order valence-corrected chi connectivity index (χ3v) is 6.85. The zero-order valence-corrected chi connectivity index (χ0v) is 18.4. The lowest BCUT2D eigenvalue weighted by Gasteiger charge is -2.22. The summed E-state index contributed by atoms with van der Waals surface area (Å²) < 4.78 is 5.30. The molecule has 0 saturated heterocycles. The monoisotopic (exact) mass is 455 g/mol. The molecule has 0 aliphatic carbocycles. The maximum Gasteiger partial charge on any atom is 0.307 e. The standard InChI is InChI=1S/C20H19Cl2NO3S2/c1-10(2)26-17(25)9-16-20(27)23-14-7-6-11(21)8-13(14)19(28-16)12-4-3-5-15(24)18(12)22/h3-8,10,16,19,24H,9H2,1-2H3,(H,23,27)/t16-,19-/m1/s1. The van der Waals surface area contributed by atoms with Crippen LogP contribution in [0.3, 0.4) is 0 Å². The molecule has 0 amide bonds. The smallest absolute Gasteiger partial charge is 0.307 e. The number of anilines is 1. The van der Waals surface area contributed by atoms with Crippen molar-refractivity contribution >= 4 is 63.8 Å². The summed E-state index contributed by atoms with van der Waals surface area (Å²) in [5.74, 6) is -0.319. The van der Waals surface area contributed by atoms with Crippen LogP contribution in [-0.2, 0) is 9.53 Å². The number of aromatic hydroxyl groups is 1. The minimum Gasteiger partial charge on any atom is -0.506 e. The molecule has 0 unspecified atom stereocenters. The SMILES string of the molecule is CC(C)OC(=O)C[C@H]1S[C@H](c2cccc(O)c2Cl)c2cc(Cl)ccc2NC1=S. The van der Waals surface area contributed by atoms with Crippen molar-refractivity contribution in [3.8, 4) is 5.75 Å². The number of hydrogen-bond donors (Lipinski definition) is 2. The minimum atomic E-state index is -0.323. The van der Waals surface area contributed by atoms with Gasteiger partial charge in [0.15, 0.2) is 0 Å². The molecule has 0 radical (unpaired) electrons. The lowest BCUT2D eigenvalue weighted by Crippen LogP contribution is -2.26. The van der Waals surface area contributed by atoms with E-state index < -0.39 is 0 Å². The van der Waals surface area contributed by atoms with E-state index in [-0.39, 0.29) is 39.8 Å². The van der Waals surface area contributed by atoms with Crippen LogP contribution >= 0.6 is 47.2 Å². The molecule has 0 fully saturated rings. The molecule has 1 aliphatic heterocycles. The van der Waals surface area contributed by atoms with Crippen molar-refractivity contribution in [1.82, 2.24) is 0 Å². The Kier molecular flexibility index (Phi) is 6.76. The molecule has 2 aromatic rings. The third kappa shape index (κ3) is 4.74. The molecule has 8 heteroatoms. The molecule has 28 heavy (non-hydrogen) atoms.